The van der Waals surface area contributed by atoms with Gasteiger partial charge in [0.1, 0.15) is 0 Å². The molecule has 0 spiro atoms. The number of carbonyl (C=O) groups is 1. The summed E-state index contributed by atoms with van der Waals surface area (Å²) < 4.78 is 27.8. The molecule has 0 bridgehead atoms. The maximum atomic E-state index is 12.7. The highest BCUT2D eigenvalue weighted by atomic mass is 79.9. The first kappa shape index (κ1) is 22.0. The van der Waals surface area contributed by atoms with Crippen molar-refractivity contribution < 1.29 is 13.2 Å². The van der Waals surface area contributed by atoms with Gasteiger partial charge in [0.15, 0.2) is 0 Å². The van der Waals surface area contributed by atoms with E-state index in [1.807, 2.05) is 66.5 Å². The van der Waals surface area contributed by atoms with Crippen molar-refractivity contribution in [1.29, 1.82) is 0 Å². The van der Waals surface area contributed by atoms with E-state index >= 15 is 0 Å². The Labute approximate surface area is 181 Å². The van der Waals surface area contributed by atoms with Gasteiger partial charge in [-0.2, -0.15) is 4.31 Å². The lowest BCUT2D eigenvalue weighted by atomic mass is 10.2. The van der Waals surface area contributed by atoms with E-state index in [9.17, 15) is 13.2 Å². The Morgan fingerprint density at radius 2 is 1.62 bits per heavy atom. The first-order valence-electron chi connectivity index (χ1n) is 9.56. The van der Waals surface area contributed by atoms with E-state index in [-0.39, 0.29) is 11.7 Å². The summed E-state index contributed by atoms with van der Waals surface area (Å²) in [6.45, 7) is 2.51. The zero-order valence-electron chi connectivity index (χ0n) is 16.5. The van der Waals surface area contributed by atoms with Crippen LogP contribution in [0.2, 0.25) is 0 Å². The number of carbonyl (C=O) groups excluding carboxylic acids is 1. The van der Waals surface area contributed by atoms with Crippen LogP contribution in [0.25, 0.3) is 0 Å². The van der Waals surface area contributed by atoms with Crippen LogP contribution in [0.4, 0.5) is 0 Å². The largest absolute Gasteiger partial charge is 0.339 e. The highest BCUT2D eigenvalue weighted by Crippen LogP contribution is 2.18. The number of amides is 1. The Kier molecular flexibility index (Phi) is 7.45. The number of likely N-dealkylation sites (N-methyl/N-ethyl adjacent to an activating group) is 1. The lowest BCUT2D eigenvalue weighted by Gasteiger charge is -2.34. The summed E-state index contributed by atoms with van der Waals surface area (Å²) in [6, 6.07) is 17.1. The highest BCUT2D eigenvalue weighted by Gasteiger charge is 2.29. The van der Waals surface area contributed by atoms with Crippen LogP contribution in [0.5, 0.6) is 0 Å². The fourth-order valence-corrected chi connectivity index (χ4v) is 5.32. The van der Waals surface area contributed by atoms with Crippen molar-refractivity contribution in [3.8, 4) is 0 Å². The zero-order valence-corrected chi connectivity index (χ0v) is 18.9. The molecular weight excluding hydrogens is 454 g/mol. The van der Waals surface area contributed by atoms with Crippen LogP contribution in [0.1, 0.15) is 11.1 Å². The number of hydrogen-bond donors (Lipinski definition) is 0. The summed E-state index contributed by atoms with van der Waals surface area (Å²) in [4.78, 5) is 16.4. The number of sulfonamides is 1. The van der Waals surface area contributed by atoms with E-state index in [1.54, 1.807) is 4.90 Å². The molecule has 3 rings (SSSR count). The second kappa shape index (κ2) is 9.84. The van der Waals surface area contributed by atoms with Crippen LogP contribution in [-0.2, 0) is 27.1 Å². The number of nitrogens with zero attached hydrogens (tertiary/aromatic N) is 3. The van der Waals surface area contributed by atoms with Crippen molar-refractivity contribution in [3.05, 3.63) is 70.2 Å². The third kappa shape index (κ3) is 6.12. The third-order valence-corrected chi connectivity index (χ3v) is 7.60. The molecule has 1 fully saturated rings. The first-order chi connectivity index (χ1) is 13.8. The van der Waals surface area contributed by atoms with Crippen LogP contribution < -0.4 is 0 Å². The molecule has 1 aliphatic heterocycles. The summed E-state index contributed by atoms with van der Waals surface area (Å²) in [5.74, 6) is 0.0240. The maximum absolute atomic E-state index is 12.7. The predicted molar refractivity (Wildman–Crippen MR) is 118 cm³/mol. The van der Waals surface area contributed by atoms with Gasteiger partial charge in [0.25, 0.3) is 0 Å². The predicted octanol–water partition coefficient (Wildman–Crippen LogP) is 2.56. The summed E-state index contributed by atoms with van der Waals surface area (Å²) >= 11 is 3.53. The Bertz CT molecular complexity index is 929. The van der Waals surface area contributed by atoms with Crippen LogP contribution in [0.15, 0.2) is 59.1 Å². The molecule has 29 heavy (non-hydrogen) atoms. The molecule has 0 unspecified atom stereocenters. The van der Waals surface area contributed by atoms with Gasteiger partial charge in [-0.1, -0.05) is 64.5 Å². The van der Waals surface area contributed by atoms with Gasteiger partial charge in [0, 0.05) is 37.2 Å². The molecular formula is C21H26BrN3O3S. The average molecular weight is 480 g/mol. The van der Waals surface area contributed by atoms with Crippen molar-refractivity contribution in [2.45, 2.75) is 12.3 Å². The fourth-order valence-electron chi connectivity index (χ4n) is 3.40. The van der Waals surface area contributed by atoms with Crippen LogP contribution in [0, 0.1) is 0 Å². The average Bonchev–Trinajstić information content (AvgIpc) is 2.70. The van der Waals surface area contributed by atoms with E-state index in [0.717, 1.165) is 15.6 Å². The summed E-state index contributed by atoms with van der Waals surface area (Å²) in [6.07, 6.45) is 0. The topological polar surface area (TPSA) is 60.9 Å². The maximum Gasteiger partial charge on any atom is 0.236 e. The van der Waals surface area contributed by atoms with Crippen molar-refractivity contribution in [1.82, 2.24) is 14.1 Å². The zero-order chi connectivity index (χ0) is 20.9. The minimum atomic E-state index is -3.37. The minimum Gasteiger partial charge on any atom is -0.339 e. The van der Waals surface area contributed by atoms with E-state index in [0.29, 0.717) is 39.3 Å². The standard InChI is InChI=1S/C21H26BrN3O3S/c1-23(15-19-9-5-6-10-20(19)22)16-21(26)24-11-13-25(14-12-24)29(27,28)17-18-7-3-2-4-8-18/h2-10H,11-17H2,1H3. The van der Waals surface area contributed by atoms with E-state index < -0.39 is 10.0 Å². The second-order valence-corrected chi connectivity index (χ2v) is 10.1. The van der Waals surface area contributed by atoms with Crippen molar-refractivity contribution in [3.63, 3.8) is 0 Å². The Morgan fingerprint density at radius 3 is 2.28 bits per heavy atom. The molecule has 6 nitrogen and oxygen atoms in total. The van der Waals surface area contributed by atoms with Crippen molar-refractivity contribution >= 4 is 31.9 Å². The number of hydrogen-bond acceptors (Lipinski definition) is 4. The molecule has 2 aromatic carbocycles. The number of rotatable bonds is 7. The smallest absolute Gasteiger partial charge is 0.236 e. The van der Waals surface area contributed by atoms with Crippen LogP contribution in [-0.4, -0.2) is 68.2 Å². The van der Waals surface area contributed by atoms with Crippen molar-refractivity contribution in [2.75, 3.05) is 39.8 Å². The molecule has 0 aliphatic carbocycles. The van der Waals surface area contributed by atoms with E-state index in [2.05, 4.69) is 15.9 Å². The second-order valence-electron chi connectivity index (χ2n) is 7.29. The molecule has 1 saturated heterocycles. The monoisotopic (exact) mass is 479 g/mol. The van der Waals surface area contributed by atoms with Gasteiger partial charge in [0.2, 0.25) is 15.9 Å². The SMILES string of the molecule is CN(CC(=O)N1CCN(S(=O)(=O)Cc2ccccc2)CC1)Cc1ccccc1Br. The molecule has 156 valence electrons. The number of piperazine rings is 1. The van der Waals surface area contributed by atoms with Crippen molar-refractivity contribution in [2.24, 2.45) is 0 Å². The molecule has 0 aromatic heterocycles. The Hall–Kier alpha value is -1.74. The minimum absolute atomic E-state index is 0.00349. The van der Waals surface area contributed by atoms with E-state index in [4.69, 9.17) is 0 Å². The highest BCUT2D eigenvalue weighted by molar-refractivity contribution is 9.10. The van der Waals surface area contributed by atoms with E-state index in [1.165, 1.54) is 4.31 Å². The third-order valence-electron chi connectivity index (χ3n) is 4.98. The molecule has 1 heterocycles. The molecule has 0 radical (unpaired) electrons. The summed E-state index contributed by atoms with van der Waals surface area (Å²) in [7, 11) is -1.46. The molecule has 0 saturated carbocycles. The lowest BCUT2D eigenvalue weighted by molar-refractivity contribution is -0.133. The molecule has 0 atom stereocenters. The lowest BCUT2D eigenvalue weighted by Crippen LogP contribution is -2.52. The van der Waals surface area contributed by atoms with Gasteiger partial charge >= 0.3 is 0 Å². The molecule has 1 aliphatic rings. The summed E-state index contributed by atoms with van der Waals surface area (Å²) in [5.41, 5.74) is 1.90. The van der Waals surface area contributed by atoms with Gasteiger partial charge in [-0.05, 0) is 24.2 Å². The normalized spacial score (nSPS) is 15.6. The van der Waals surface area contributed by atoms with Gasteiger partial charge < -0.3 is 4.90 Å². The quantitative estimate of drug-likeness (QED) is 0.612. The van der Waals surface area contributed by atoms with Crippen LogP contribution in [0.3, 0.4) is 0 Å². The molecule has 0 N–H and O–H groups in total. The van der Waals surface area contributed by atoms with Gasteiger partial charge in [0.05, 0.1) is 12.3 Å². The molecule has 2 aromatic rings. The van der Waals surface area contributed by atoms with Gasteiger partial charge in [-0.15, -0.1) is 0 Å². The summed E-state index contributed by atoms with van der Waals surface area (Å²) in [5, 5.41) is 0. The van der Waals surface area contributed by atoms with Crippen LogP contribution >= 0.6 is 15.9 Å². The first-order valence-corrected chi connectivity index (χ1v) is 12.0. The molecule has 8 heteroatoms. The number of halogens is 1. The Balaban J connectivity index is 1.49. The fraction of sp³-hybridized carbons (Fsp3) is 0.381. The number of benzene rings is 2. The van der Waals surface area contributed by atoms with Gasteiger partial charge in [-0.25, -0.2) is 8.42 Å². The molecule has 1 amide bonds. The Morgan fingerprint density at radius 1 is 1.00 bits per heavy atom. The van der Waals surface area contributed by atoms with Gasteiger partial charge in [-0.3, -0.25) is 9.69 Å².